The van der Waals surface area contributed by atoms with E-state index in [-0.39, 0.29) is 0 Å². The van der Waals surface area contributed by atoms with E-state index in [4.69, 9.17) is 0 Å². The van der Waals surface area contributed by atoms with Gasteiger partial charge in [0.2, 0.25) is 0 Å². The minimum absolute atomic E-state index is 0.960. The number of aryl methyl sites for hydroxylation is 1. The molecule has 1 N–H and O–H groups in total. The van der Waals surface area contributed by atoms with Crippen LogP contribution in [0.5, 0.6) is 0 Å². The number of thiazole rings is 1. The number of fused-ring (bicyclic) bond motifs is 3. The number of benzene rings is 1. The summed E-state index contributed by atoms with van der Waals surface area (Å²) in [7, 11) is 0. The Kier molecular flexibility index (Phi) is 2.86. The number of hydrogen-bond acceptors (Lipinski definition) is 3. The normalized spacial score (nSPS) is 15.7. The molecule has 0 aliphatic carbocycles. The molecule has 1 aliphatic rings. The molecule has 0 atom stereocenters. The number of H-pyrrole nitrogens is 1. The van der Waals surface area contributed by atoms with Gasteiger partial charge in [-0.05, 0) is 24.6 Å². The maximum Gasteiger partial charge on any atom is 0.0795 e. The number of aromatic amines is 1. The van der Waals surface area contributed by atoms with Gasteiger partial charge in [-0.25, -0.2) is 4.98 Å². The summed E-state index contributed by atoms with van der Waals surface area (Å²) in [5.74, 6) is 0. The highest BCUT2D eigenvalue weighted by molar-refractivity contribution is 7.07. The monoisotopic (exact) mass is 283 g/mol. The zero-order valence-corrected chi connectivity index (χ0v) is 12.3. The summed E-state index contributed by atoms with van der Waals surface area (Å²) in [6.07, 6.45) is 1.10. The van der Waals surface area contributed by atoms with Gasteiger partial charge in [0.25, 0.3) is 0 Å². The van der Waals surface area contributed by atoms with Crippen LogP contribution >= 0.6 is 11.3 Å². The van der Waals surface area contributed by atoms with Crippen LogP contribution in [0.1, 0.15) is 22.5 Å². The molecule has 4 heteroatoms. The van der Waals surface area contributed by atoms with Crippen molar-refractivity contribution in [1.29, 1.82) is 0 Å². The topological polar surface area (TPSA) is 31.9 Å². The van der Waals surface area contributed by atoms with Crippen molar-refractivity contribution < 1.29 is 0 Å². The highest BCUT2D eigenvalue weighted by Crippen LogP contribution is 2.29. The van der Waals surface area contributed by atoms with Crippen molar-refractivity contribution in [2.45, 2.75) is 26.4 Å². The van der Waals surface area contributed by atoms with E-state index in [1.807, 2.05) is 5.51 Å². The first-order chi connectivity index (χ1) is 9.79. The number of rotatable bonds is 2. The highest BCUT2D eigenvalue weighted by Gasteiger charge is 2.21. The smallest absolute Gasteiger partial charge is 0.0795 e. The lowest BCUT2D eigenvalue weighted by Crippen LogP contribution is -2.29. The molecule has 0 amide bonds. The quantitative estimate of drug-likeness (QED) is 0.780. The second-order valence-electron chi connectivity index (χ2n) is 5.57. The van der Waals surface area contributed by atoms with E-state index in [0.717, 1.165) is 26.1 Å². The summed E-state index contributed by atoms with van der Waals surface area (Å²) in [6, 6.07) is 6.68. The van der Waals surface area contributed by atoms with Gasteiger partial charge in [0.05, 0.1) is 11.2 Å². The van der Waals surface area contributed by atoms with Crippen LogP contribution in [0.15, 0.2) is 29.1 Å². The van der Waals surface area contributed by atoms with E-state index in [1.54, 1.807) is 11.3 Å². The molecular weight excluding hydrogens is 266 g/mol. The third kappa shape index (κ3) is 2.05. The molecule has 4 rings (SSSR count). The van der Waals surface area contributed by atoms with Crippen LogP contribution in [0.3, 0.4) is 0 Å². The van der Waals surface area contributed by atoms with Gasteiger partial charge in [-0.3, -0.25) is 4.90 Å². The molecule has 0 spiro atoms. The van der Waals surface area contributed by atoms with E-state index >= 15 is 0 Å². The van der Waals surface area contributed by atoms with Gasteiger partial charge < -0.3 is 4.98 Å². The zero-order valence-electron chi connectivity index (χ0n) is 11.5. The molecule has 20 heavy (non-hydrogen) atoms. The molecule has 3 heterocycles. The predicted octanol–water partition coefficient (Wildman–Crippen LogP) is 3.49. The van der Waals surface area contributed by atoms with E-state index in [0.29, 0.717) is 0 Å². The summed E-state index contributed by atoms with van der Waals surface area (Å²) in [5.41, 5.74) is 8.60. The third-order valence-corrected chi connectivity index (χ3v) is 4.71. The molecule has 1 aliphatic heterocycles. The molecule has 3 nitrogen and oxygen atoms in total. The second-order valence-corrected chi connectivity index (χ2v) is 6.29. The number of aromatic nitrogens is 2. The molecule has 0 saturated carbocycles. The van der Waals surface area contributed by atoms with Crippen molar-refractivity contribution in [2.24, 2.45) is 0 Å². The number of hydrogen-bond donors (Lipinski definition) is 1. The molecule has 102 valence electrons. The molecule has 0 fully saturated rings. The van der Waals surface area contributed by atoms with Gasteiger partial charge >= 0.3 is 0 Å². The predicted molar refractivity (Wildman–Crippen MR) is 83.0 cm³/mol. The van der Waals surface area contributed by atoms with Gasteiger partial charge in [0, 0.05) is 48.0 Å². The summed E-state index contributed by atoms with van der Waals surface area (Å²) in [6.45, 7) is 5.25. The maximum absolute atomic E-state index is 4.40. The van der Waals surface area contributed by atoms with Crippen molar-refractivity contribution in [3.05, 3.63) is 51.6 Å². The largest absolute Gasteiger partial charge is 0.358 e. The van der Waals surface area contributed by atoms with E-state index in [1.165, 1.54) is 33.4 Å². The maximum atomic E-state index is 4.40. The minimum Gasteiger partial charge on any atom is -0.358 e. The lowest BCUT2D eigenvalue weighted by molar-refractivity contribution is 0.243. The Labute approximate surface area is 122 Å². The molecule has 0 bridgehead atoms. The molecular formula is C16H17N3S. The highest BCUT2D eigenvalue weighted by atomic mass is 32.1. The van der Waals surface area contributed by atoms with Gasteiger partial charge in [-0.1, -0.05) is 11.6 Å². The Balaban J connectivity index is 1.67. The first-order valence-electron chi connectivity index (χ1n) is 6.99. The van der Waals surface area contributed by atoms with Crippen LogP contribution in [0.4, 0.5) is 0 Å². The Morgan fingerprint density at radius 1 is 1.40 bits per heavy atom. The van der Waals surface area contributed by atoms with Crippen molar-refractivity contribution in [3.8, 4) is 0 Å². The summed E-state index contributed by atoms with van der Waals surface area (Å²) in [5, 5.41) is 3.54. The van der Waals surface area contributed by atoms with Gasteiger partial charge in [-0.15, -0.1) is 11.3 Å². The van der Waals surface area contributed by atoms with Crippen molar-refractivity contribution in [1.82, 2.24) is 14.9 Å². The molecule has 2 aromatic heterocycles. The minimum atomic E-state index is 0.960. The van der Waals surface area contributed by atoms with E-state index in [2.05, 4.69) is 45.4 Å². The second kappa shape index (κ2) is 4.72. The fourth-order valence-corrected chi connectivity index (χ4v) is 3.61. The fraction of sp³-hybridized carbons (Fsp3) is 0.312. The Hall–Kier alpha value is -1.65. The van der Waals surface area contributed by atoms with E-state index in [9.17, 15) is 0 Å². The van der Waals surface area contributed by atoms with Crippen LogP contribution in [0.25, 0.3) is 10.9 Å². The Morgan fingerprint density at radius 2 is 2.35 bits per heavy atom. The fourth-order valence-electron chi connectivity index (χ4n) is 3.06. The van der Waals surface area contributed by atoms with Crippen LogP contribution in [0.2, 0.25) is 0 Å². The van der Waals surface area contributed by atoms with Crippen LogP contribution < -0.4 is 0 Å². The zero-order chi connectivity index (χ0) is 13.5. The Bertz CT molecular complexity index is 743. The lowest BCUT2D eigenvalue weighted by Gasteiger charge is -2.26. The van der Waals surface area contributed by atoms with Gasteiger partial charge in [0.1, 0.15) is 0 Å². The van der Waals surface area contributed by atoms with Crippen LogP contribution in [-0.4, -0.2) is 21.4 Å². The van der Waals surface area contributed by atoms with Crippen molar-refractivity contribution in [3.63, 3.8) is 0 Å². The molecule has 1 aromatic carbocycles. The summed E-state index contributed by atoms with van der Waals surface area (Å²) < 4.78 is 0. The Morgan fingerprint density at radius 3 is 3.20 bits per heavy atom. The molecule has 0 radical (unpaired) electrons. The van der Waals surface area contributed by atoms with Gasteiger partial charge in [-0.2, -0.15) is 0 Å². The molecule has 0 unspecified atom stereocenters. The van der Waals surface area contributed by atoms with Crippen LogP contribution in [0, 0.1) is 6.92 Å². The van der Waals surface area contributed by atoms with Crippen LogP contribution in [-0.2, 0) is 19.5 Å². The average molecular weight is 283 g/mol. The standard InChI is InChI=1S/C16H17N3S/c1-11-2-3-15-13(6-11)14-8-19(5-4-16(14)18-15)7-12-9-20-10-17-12/h2-3,6,9-10,18H,4-5,7-8H2,1H3. The summed E-state index contributed by atoms with van der Waals surface area (Å²) in [4.78, 5) is 10.5. The first-order valence-corrected chi connectivity index (χ1v) is 7.93. The third-order valence-electron chi connectivity index (χ3n) is 4.08. The molecule has 0 saturated heterocycles. The summed E-state index contributed by atoms with van der Waals surface area (Å²) >= 11 is 1.68. The van der Waals surface area contributed by atoms with Crippen molar-refractivity contribution >= 4 is 22.2 Å². The lowest BCUT2D eigenvalue weighted by atomic mass is 10.0. The SMILES string of the molecule is Cc1ccc2[nH]c3c(c2c1)CN(Cc1cscn1)CC3. The number of nitrogens with one attached hydrogen (secondary N) is 1. The van der Waals surface area contributed by atoms with Gasteiger partial charge in [0.15, 0.2) is 0 Å². The van der Waals surface area contributed by atoms with E-state index < -0.39 is 0 Å². The first kappa shape index (κ1) is 12.1. The number of nitrogens with zero attached hydrogens (tertiary/aromatic N) is 2. The molecule has 3 aromatic rings. The van der Waals surface area contributed by atoms with Crippen molar-refractivity contribution in [2.75, 3.05) is 6.54 Å². The average Bonchev–Trinajstić information content (AvgIpc) is 3.06.